The summed E-state index contributed by atoms with van der Waals surface area (Å²) in [6.07, 6.45) is 0.585. The van der Waals surface area contributed by atoms with Crippen molar-refractivity contribution in [3.05, 3.63) is 65.2 Å². The van der Waals surface area contributed by atoms with Crippen molar-refractivity contribution in [2.75, 3.05) is 6.54 Å². The highest BCUT2D eigenvalue weighted by Crippen LogP contribution is 2.25. The third-order valence-corrected chi connectivity index (χ3v) is 5.67. The number of fused-ring (bicyclic) bond motifs is 1. The molecule has 5 nitrogen and oxygen atoms in total. The van der Waals surface area contributed by atoms with Gasteiger partial charge in [0.05, 0.1) is 10.5 Å². The first-order valence-corrected chi connectivity index (χ1v) is 8.33. The predicted molar refractivity (Wildman–Crippen MR) is 81.1 cm³/mol. The average Bonchev–Trinajstić information content (AvgIpc) is 2.54. The molecule has 0 radical (unpaired) electrons. The molecule has 0 saturated heterocycles. The van der Waals surface area contributed by atoms with Gasteiger partial charge in [-0.1, -0.05) is 24.3 Å². The van der Waals surface area contributed by atoms with Crippen LogP contribution in [0.4, 0.5) is 0 Å². The zero-order valence-electron chi connectivity index (χ0n) is 11.8. The number of carboxylic acid groups (broad SMARTS) is 1. The Hall–Kier alpha value is -2.18. The molecular weight excluding hydrogens is 302 g/mol. The van der Waals surface area contributed by atoms with Crippen LogP contribution in [0.25, 0.3) is 0 Å². The Morgan fingerprint density at radius 2 is 1.77 bits per heavy atom. The minimum atomic E-state index is -3.55. The van der Waals surface area contributed by atoms with E-state index in [1.807, 2.05) is 0 Å². The first-order chi connectivity index (χ1) is 10.5. The lowest BCUT2D eigenvalue weighted by atomic mass is 9.99. The molecule has 0 bridgehead atoms. The fourth-order valence-electron chi connectivity index (χ4n) is 2.61. The lowest BCUT2D eigenvalue weighted by Gasteiger charge is -2.28. The molecule has 0 fully saturated rings. The van der Waals surface area contributed by atoms with E-state index in [9.17, 15) is 13.2 Å². The maximum atomic E-state index is 12.6. The SMILES string of the molecule is O=C(O)c1ccc2c(c1)CN(S(=O)(=O)c1ccccc1)CC2. The largest absolute Gasteiger partial charge is 0.478 e. The molecule has 0 aromatic heterocycles. The molecule has 0 amide bonds. The normalized spacial score (nSPS) is 15.3. The van der Waals surface area contributed by atoms with Crippen LogP contribution < -0.4 is 0 Å². The van der Waals surface area contributed by atoms with E-state index in [1.165, 1.54) is 4.31 Å². The second-order valence-corrected chi connectivity index (χ2v) is 7.13. The molecule has 2 aromatic rings. The van der Waals surface area contributed by atoms with Crippen molar-refractivity contribution in [3.8, 4) is 0 Å². The quantitative estimate of drug-likeness (QED) is 0.941. The molecule has 0 spiro atoms. The monoisotopic (exact) mass is 317 g/mol. The molecule has 22 heavy (non-hydrogen) atoms. The molecule has 1 aliphatic rings. The van der Waals surface area contributed by atoms with Crippen molar-refractivity contribution in [2.45, 2.75) is 17.9 Å². The Balaban J connectivity index is 1.94. The number of rotatable bonds is 3. The molecule has 6 heteroatoms. The number of hydrogen-bond donors (Lipinski definition) is 1. The van der Waals surface area contributed by atoms with Crippen LogP contribution >= 0.6 is 0 Å². The van der Waals surface area contributed by atoms with Crippen molar-refractivity contribution >= 4 is 16.0 Å². The summed E-state index contributed by atoms with van der Waals surface area (Å²) in [6.45, 7) is 0.602. The summed E-state index contributed by atoms with van der Waals surface area (Å²) in [5.74, 6) is -1.01. The number of nitrogens with zero attached hydrogens (tertiary/aromatic N) is 1. The van der Waals surface area contributed by atoms with Gasteiger partial charge in [0.15, 0.2) is 0 Å². The van der Waals surface area contributed by atoms with Crippen molar-refractivity contribution in [1.29, 1.82) is 0 Å². The second kappa shape index (κ2) is 5.55. The average molecular weight is 317 g/mol. The molecule has 114 valence electrons. The third-order valence-electron chi connectivity index (χ3n) is 3.81. The second-order valence-electron chi connectivity index (χ2n) is 5.19. The van der Waals surface area contributed by atoms with Crippen LogP contribution in [0, 0.1) is 0 Å². The van der Waals surface area contributed by atoms with E-state index in [2.05, 4.69) is 0 Å². The van der Waals surface area contributed by atoms with Crippen LogP contribution in [0.5, 0.6) is 0 Å². The number of benzene rings is 2. The third kappa shape index (κ3) is 2.63. The first kappa shape index (κ1) is 14.7. The summed E-state index contributed by atoms with van der Waals surface area (Å²) in [5, 5.41) is 9.06. The molecule has 3 rings (SSSR count). The minimum Gasteiger partial charge on any atom is -0.478 e. The molecular formula is C16H15NO4S. The van der Waals surface area contributed by atoms with Gasteiger partial charge >= 0.3 is 5.97 Å². The Bertz CT molecular complexity index is 815. The van der Waals surface area contributed by atoms with Crippen LogP contribution in [0.2, 0.25) is 0 Å². The molecule has 1 aliphatic heterocycles. The molecule has 0 aliphatic carbocycles. The Labute approximate surface area is 128 Å². The van der Waals surface area contributed by atoms with E-state index in [4.69, 9.17) is 5.11 Å². The van der Waals surface area contributed by atoms with Gasteiger partial charge in [-0.3, -0.25) is 0 Å². The Morgan fingerprint density at radius 3 is 2.45 bits per heavy atom. The van der Waals surface area contributed by atoms with Gasteiger partial charge in [0, 0.05) is 13.1 Å². The van der Waals surface area contributed by atoms with Crippen LogP contribution in [0.1, 0.15) is 21.5 Å². The van der Waals surface area contributed by atoms with Crippen LogP contribution in [0.15, 0.2) is 53.4 Å². The maximum Gasteiger partial charge on any atom is 0.335 e. The summed E-state index contributed by atoms with van der Waals surface area (Å²) in [4.78, 5) is 11.3. The summed E-state index contributed by atoms with van der Waals surface area (Å²) in [7, 11) is -3.55. The van der Waals surface area contributed by atoms with Crippen molar-refractivity contribution in [1.82, 2.24) is 4.31 Å². The topological polar surface area (TPSA) is 74.7 Å². The predicted octanol–water partition coefficient (Wildman–Crippen LogP) is 2.13. The molecule has 0 atom stereocenters. The smallest absolute Gasteiger partial charge is 0.335 e. The summed E-state index contributed by atoms with van der Waals surface area (Å²) in [5.41, 5.74) is 1.94. The van der Waals surface area contributed by atoms with Gasteiger partial charge in [0.1, 0.15) is 0 Å². The zero-order chi connectivity index (χ0) is 15.7. The van der Waals surface area contributed by atoms with Gasteiger partial charge in [0.25, 0.3) is 0 Å². The van der Waals surface area contributed by atoms with Gasteiger partial charge in [-0.25, -0.2) is 13.2 Å². The van der Waals surface area contributed by atoms with Crippen molar-refractivity contribution in [2.24, 2.45) is 0 Å². The van der Waals surface area contributed by atoms with E-state index >= 15 is 0 Å². The van der Waals surface area contributed by atoms with Crippen molar-refractivity contribution in [3.63, 3.8) is 0 Å². The minimum absolute atomic E-state index is 0.178. The summed E-state index contributed by atoms with van der Waals surface area (Å²) >= 11 is 0. The maximum absolute atomic E-state index is 12.6. The molecule has 2 aromatic carbocycles. The molecule has 1 N–H and O–H groups in total. The van der Waals surface area contributed by atoms with Crippen LogP contribution in [0.3, 0.4) is 0 Å². The van der Waals surface area contributed by atoms with E-state index in [0.29, 0.717) is 13.0 Å². The fourth-order valence-corrected chi connectivity index (χ4v) is 4.05. The number of aromatic carboxylic acids is 1. The molecule has 1 heterocycles. The molecule has 0 saturated carbocycles. The van der Waals surface area contributed by atoms with Gasteiger partial charge in [0.2, 0.25) is 10.0 Å². The Kier molecular flexibility index (Phi) is 3.72. The van der Waals surface area contributed by atoms with Crippen molar-refractivity contribution < 1.29 is 18.3 Å². The highest BCUT2D eigenvalue weighted by atomic mass is 32.2. The van der Waals surface area contributed by atoms with E-state index in [1.54, 1.807) is 48.5 Å². The highest BCUT2D eigenvalue weighted by Gasteiger charge is 2.28. The summed E-state index contributed by atoms with van der Waals surface area (Å²) in [6, 6.07) is 13.2. The zero-order valence-corrected chi connectivity index (χ0v) is 12.6. The molecule has 0 unspecified atom stereocenters. The highest BCUT2D eigenvalue weighted by molar-refractivity contribution is 7.89. The first-order valence-electron chi connectivity index (χ1n) is 6.89. The lowest BCUT2D eigenvalue weighted by Crippen LogP contribution is -2.36. The lowest BCUT2D eigenvalue weighted by molar-refractivity contribution is 0.0696. The number of carbonyl (C=O) groups is 1. The number of sulfonamides is 1. The van der Waals surface area contributed by atoms with E-state index in [-0.39, 0.29) is 17.0 Å². The van der Waals surface area contributed by atoms with E-state index in [0.717, 1.165) is 11.1 Å². The van der Waals surface area contributed by atoms with Gasteiger partial charge in [-0.2, -0.15) is 4.31 Å². The fraction of sp³-hybridized carbons (Fsp3) is 0.188. The van der Waals surface area contributed by atoms with E-state index < -0.39 is 16.0 Å². The van der Waals surface area contributed by atoms with Gasteiger partial charge in [-0.15, -0.1) is 0 Å². The number of hydrogen-bond acceptors (Lipinski definition) is 3. The number of carboxylic acids is 1. The standard InChI is InChI=1S/C16H15NO4S/c18-16(19)13-7-6-12-8-9-17(11-14(12)10-13)22(20,21)15-4-2-1-3-5-15/h1-7,10H,8-9,11H2,(H,18,19). The van der Waals surface area contributed by atoms with Crippen LogP contribution in [-0.2, 0) is 23.0 Å². The van der Waals surface area contributed by atoms with Gasteiger partial charge < -0.3 is 5.11 Å². The Morgan fingerprint density at radius 1 is 1.05 bits per heavy atom. The summed E-state index contributed by atoms with van der Waals surface area (Å²) < 4.78 is 26.6. The van der Waals surface area contributed by atoms with Gasteiger partial charge in [-0.05, 0) is 41.8 Å². The van der Waals surface area contributed by atoms with Crippen LogP contribution in [-0.4, -0.2) is 30.3 Å².